The Kier molecular flexibility index (Phi) is 4.25. The predicted octanol–water partition coefficient (Wildman–Crippen LogP) is 2.12. The Hall–Kier alpha value is -2.11. The van der Waals surface area contributed by atoms with Crippen LogP contribution in [0.3, 0.4) is 0 Å². The van der Waals surface area contributed by atoms with Crippen LogP contribution in [0.15, 0.2) is 18.2 Å². The van der Waals surface area contributed by atoms with E-state index in [1.54, 1.807) is 26.2 Å². The van der Waals surface area contributed by atoms with Crippen LogP contribution in [0.2, 0.25) is 0 Å². The standard InChI is InChI=1S/C12H17N3O3/c1-8(2)13-10-6-5-9(12(16)14(3)4)7-11(10)15(17)18/h5-8,13H,1-4H3. The minimum absolute atomic E-state index is 0.0825. The summed E-state index contributed by atoms with van der Waals surface area (Å²) in [6.45, 7) is 3.78. The largest absolute Gasteiger partial charge is 0.377 e. The summed E-state index contributed by atoms with van der Waals surface area (Å²) in [4.78, 5) is 23.6. The van der Waals surface area contributed by atoms with E-state index in [9.17, 15) is 14.9 Å². The quantitative estimate of drug-likeness (QED) is 0.657. The molecule has 0 aromatic heterocycles. The zero-order chi connectivity index (χ0) is 13.9. The van der Waals surface area contributed by atoms with E-state index < -0.39 is 4.92 Å². The van der Waals surface area contributed by atoms with E-state index in [0.717, 1.165) is 0 Å². The molecule has 0 saturated carbocycles. The molecule has 1 aromatic carbocycles. The van der Waals surface area contributed by atoms with Crippen LogP contribution >= 0.6 is 0 Å². The number of hydrogen-bond acceptors (Lipinski definition) is 4. The van der Waals surface area contributed by atoms with Crippen LogP contribution < -0.4 is 5.32 Å². The molecule has 0 aliphatic rings. The van der Waals surface area contributed by atoms with Crippen molar-refractivity contribution < 1.29 is 9.72 Å². The maximum Gasteiger partial charge on any atom is 0.293 e. The van der Waals surface area contributed by atoms with Crippen LogP contribution in [-0.2, 0) is 0 Å². The average Bonchev–Trinajstić information content (AvgIpc) is 2.27. The molecule has 0 radical (unpaired) electrons. The van der Waals surface area contributed by atoms with E-state index in [-0.39, 0.29) is 17.6 Å². The van der Waals surface area contributed by atoms with Gasteiger partial charge in [-0.2, -0.15) is 0 Å². The molecule has 0 atom stereocenters. The van der Waals surface area contributed by atoms with Crippen LogP contribution in [0.25, 0.3) is 0 Å². The monoisotopic (exact) mass is 251 g/mol. The van der Waals surface area contributed by atoms with Gasteiger partial charge >= 0.3 is 0 Å². The number of amides is 1. The number of nitro groups is 1. The molecule has 0 aliphatic carbocycles. The fourth-order valence-corrected chi connectivity index (χ4v) is 1.51. The predicted molar refractivity (Wildman–Crippen MR) is 69.9 cm³/mol. The second-order valence-electron chi connectivity index (χ2n) is 4.49. The maximum atomic E-state index is 11.7. The molecule has 0 fully saturated rings. The Bertz CT molecular complexity index is 470. The summed E-state index contributed by atoms with van der Waals surface area (Å²) >= 11 is 0. The van der Waals surface area contributed by atoms with Crippen molar-refractivity contribution in [2.24, 2.45) is 0 Å². The summed E-state index contributed by atoms with van der Waals surface area (Å²) < 4.78 is 0. The minimum atomic E-state index is -0.489. The lowest BCUT2D eigenvalue weighted by atomic mass is 10.1. The first-order valence-corrected chi connectivity index (χ1v) is 5.59. The lowest BCUT2D eigenvalue weighted by Gasteiger charge is -2.13. The van der Waals surface area contributed by atoms with Gasteiger partial charge in [-0.3, -0.25) is 14.9 Å². The van der Waals surface area contributed by atoms with E-state index in [1.165, 1.54) is 11.0 Å². The fraction of sp³-hybridized carbons (Fsp3) is 0.417. The van der Waals surface area contributed by atoms with Crippen molar-refractivity contribution >= 4 is 17.3 Å². The first kappa shape index (κ1) is 14.0. The molecule has 0 saturated heterocycles. The zero-order valence-electron chi connectivity index (χ0n) is 10.9. The Balaban J connectivity index is 3.19. The highest BCUT2D eigenvalue weighted by Crippen LogP contribution is 2.26. The first-order chi connectivity index (χ1) is 8.32. The molecule has 1 N–H and O–H groups in total. The van der Waals surface area contributed by atoms with E-state index in [1.807, 2.05) is 13.8 Å². The number of carbonyl (C=O) groups excluding carboxylic acids is 1. The van der Waals surface area contributed by atoms with E-state index in [4.69, 9.17) is 0 Å². The SMILES string of the molecule is CC(C)Nc1ccc(C(=O)N(C)C)cc1[N+](=O)[O-]. The van der Waals surface area contributed by atoms with Gasteiger partial charge in [-0.1, -0.05) is 0 Å². The van der Waals surface area contributed by atoms with Crippen molar-refractivity contribution in [3.05, 3.63) is 33.9 Å². The topological polar surface area (TPSA) is 75.5 Å². The first-order valence-electron chi connectivity index (χ1n) is 5.59. The van der Waals surface area contributed by atoms with Crippen LogP contribution in [0, 0.1) is 10.1 Å². The minimum Gasteiger partial charge on any atom is -0.377 e. The molecule has 0 aliphatic heterocycles. The Morgan fingerprint density at radius 3 is 2.44 bits per heavy atom. The molecular formula is C12H17N3O3. The lowest BCUT2D eigenvalue weighted by Crippen LogP contribution is -2.22. The van der Waals surface area contributed by atoms with Crippen molar-refractivity contribution in [1.82, 2.24) is 4.90 Å². The summed E-state index contributed by atoms with van der Waals surface area (Å²) in [5.74, 6) is -0.255. The molecular weight excluding hydrogens is 234 g/mol. The second-order valence-corrected chi connectivity index (χ2v) is 4.49. The number of benzene rings is 1. The highest BCUT2D eigenvalue weighted by Gasteiger charge is 2.18. The lowest BCUT2D eigenvalue weighted by molar-refractivity contribution is -0.384. The molecule has 1 rings (SSSR count). The highest BCUT2D eigenvalue weighted by molar-refractivity contribution is 5.95. The van der Waals surface area contributed by atoms with Crippen LogP contribution in [0.4, 0.5) is 11.4 Å². The number of anilines is 1. The smallest absolute Gasteiger partial charge is 0.293 e. The van der Waals surface area contributed by atoms with Gasteiger partial charge in [-0.25, -0.2) is 0 Å². The number of rotatable bonds is 4. The van der Waals surface area contributed by atoms with Gasteiger partial charge in [-0.05, 0) is 26.0 Å². The van der Waals surface area contributed by atoms with Gasteiger partial charge in [0.2, 0.25) is 0 Å². The molecule has 1 aromatic rings. The number of hydrogen-bond donors (Lipinski definition) is 1. The van der Waals surface area contributed by atoms with Crippen molar-refractivity contribution in [1.29, 1.82) is 0 Å². The summed E-state index contributed by atoms with van der Waals surface area (Å²) in [5, 5.41) is 14.0. The van der Waals surface area contributed by atoms with Crippen LogP contribution in [0.5, 0.6) is 0 Å². The van der Waals surface area contributed by atoms with E-state index in [0.29, 0.717) is 11.3 Å². The van der Waals surface area contributed by atoms with Crippen LogP contribution in [-0.4, -0.2) is 35.9 Å². The van der Waals surface area contributed by atoms with Crippen molar-refractivity contribution in [2.75, 3.05) is 19.4 Å². The molecule has 0 bridgehead atoms. The van der Waals surface area contributed by atoms with E-state index in [2.05, 4.69) is 5.32 Å². The van der Waals surface area contributed by atoms with Gasteiger partial charge in [0.05, 0.1) is 4.92 Å². The van der Waals surface area contributed by atoms with Crippen molar-refractivity contribution in [2.45, 2.75) is 19.9 Å². The molecule has 98 valence electrons. The number of nitrogens with one attached hydrogen (secondary N) is 1. The normalized spacial score (nSPS) is 10.3. The maximum absolute atomic E-state index is 11.7. The third-order valence-corrected chi connectivity index (χ3v) is 2.29. The van der Waals surface area contributed by atoms with Crippen LogP contribution in [0.1, 0.15) is 24.2 Å². The molecule has 0 spiro atoms. The number of carbonyl (C=O) groups is 1. The number of nitrogens with zero attached hydrogens (tertiary/aromatic N) is 2. The Morgan fingerprint density at radius 2 is 2.00 bits per heavy atom. The van der Waals surface area contributed by atoms with Gasteiger partial charge in [0.25, 0.3) is 11.6 Å². The third kappa shape index (κ3) is 3.19. The molecule has 6 nitrogen and oxygen atoms in total. The second kappa shape index (κ2) is 5.48. The molecule has 0 heterocycles. The fourth-order valence-electron chi connectivity index (χ4n) is 1.51. The van der Waals surface area contributed by atoms with Gasteiger partial charge < -0.3 is 10.2 Å². The summed E-state index contributed by atoms with van der Waals surface area (Å²) in [6, 6.07) is 4.53. The van der Waals surface area contributed by atoms with Crippen molar-refractivity contribution in [3.8, 4) is 0 Å². The average molecular weight is 251 g/mol. The molecule has 6 heteroatoms. The Labute approximate surface area is 106 Å². The summed E-state index contributed by atoms with van der Waals surface area (Å²) in [6.07, 6.45) is 0. The summed E-state index contributed by atoms with van der Waals surface area (Å²) in [7, 11) is 3.21. The Morgan fingerprint density at radius 1 is 1.39 bits per heavy atom. The summed E-state index contributed by atoms with van der Waals surface area (Å²) in [5.41, 5.74) is 0.641. The van der Waals surface area contributed by atoms with Gasteiger partial charge in [-0.15, -0.1) is 0 Å². The molecule has 1 amide bonds. The zero-order valence-corrected chi connectivity index (χ0v) is 10.9. The number of nitro benzene ring substituents is 1. The highest BCUT2D eigenvalue weighted by atomic mass is 16.6. The molecule has 18 heavy (non-hydrogen) atoms. The third-order valence-electron chi connectivity index (χ3n) is 2.29. The van der Waals surface area contributed by atoms with Gasteiger partial charge in [0.15, 0.2) is 0 Å². The van der Waals surface area contributed by atoms with E-state index >= 15 is 0 Å². The molecule has 0 unspecified atom stereocenters. The van der Waals surface area contributed by atoms with Crippen molar-refractivity contribution in [3.63, 3.8) is 0 Å². The van der Waals surface area contributed by atoms with Gasteiger partial charge in [0.1, 0.15) is 5.69 Å². The van der Waals surface area contributed by atoms with Gasteiger partial charge in [0, 0.05) is 31.8 Å².